The molecule has 17 heteroatoms. The van der Waals surface area contributed by atoms with Crippen molar-refractivity contribution in [2.45, 2.75) is 54.9 Å². The van der Waals surface area contributed by atoms with Gasteiger partial charge in [-0.05, 0) is 48.7 Å². The zero-order valence-electron chi connectivity index (χ0n) is 26.6. The topological polar surface area (TPSA) is 119 Å². The molecule has 2 amide bonds. The van der Waals surface area contributed by atoms with Gasteiger partial charge in [0.25, 0.3) is 15.9 Å². The molecule has 2 aliphatic heterocycles. The van der Waals surface area contributed by atoms with Crippen molar-refractivity contribution in [3.8, 4) is 11.5 Å². The Bertz CT molecular complexity index is 1820. The molecule has 3 heterocycles. The molecule has 1 aromatic heterocycles. The van der Waals surface area contributed by atoms with Crippen molar-refractivity contribution in [3.05, 3.63) is 58.6 Å². The number of amides is 2. The summed E-state index contributed by atoms with van der Waals surface area (Å²) in [4.78, 5) is 36.5. The zero-order valence-corrected chi connectivity index (χ0v) is 29.0. The average Bonchev–Trinajstić information content (AvgIpc) is 3.70. The maximum absolute atomic E-state index is 15.1. The van der Waals surface area contributed by atoms with Crippen molar-refractivity contribution in [2.75, 3.05) is 49.6 Å². The van der Waals surface area contributed by atoms with Crippen LogP contribution in [-0.4, -0.2) is 83.0 Å². The molecule has 2 unspecified atom stereocenters. The van der Waals surface area contributed by atoms with Crippen molar-refractivity contribution in [3.63, 3.8) is 0 Å². The van der Waals surface area contributed by atoms with Gasteiger partial charge in [-0.2, -0.15) is 0 Å². The number of piperazine rings is 1. The van der Waals surface area contributed by atoms with Gasteiger partial charge >= 0.3 is 6.36 Å². The summed E-state index contributed by atoms with van der Waals surface area (Å²) in [5.74, 6) is -3.17. The molecular weight excluding hydrogens is 709 g/mol. The molecular formula is C32H34ClF3N4O7S2. The summed E-state index contributed by atoms with van der Waals surface area (Å²) in [5, 5.41) is 2.89. The summed E-state index contributed by atoms with van der Waals surface area (Å²) in [6.45, 7) is 1.70. The highest BCUT2D eigenvalue weighted by atomic mass is 35.5. The molecule has 2 aromatic carbocycles. The fourth-order valence-electron chi connectivity index (χ4n) is 7.29. The van der Waals surface area contributed by atoms with E-state index in [9.17, 15) is 26.4 Å². The number of benzene rings is 2. The quantitative estimate of drug-likeness (QED) is 0.275. The van der Waals surface area contributed by atoms with Crippen molar-refractivity contribution in [1.29, 1.82) is 0 Å². The van der Waals surface area contributed by atoms with Gasteiger partial charge in [-0.3, -0.25) is 9.59 Å². The number of carbonyl (C=O) groups excluding carboxylic acids is 2. The molecule has 6 rings (SSSR count). The number of hydrogen-bond acceptors (Lipinski definition) is 10. The molecule has 0 N–H and O–H groups in total. The number of rotatable bonds is 9. The van der Waals surface area contributed by atoms with Crippen LogP contribution in [0.25, 0.3) is 0 Å². The molecule has 0 radical (unpaired) electrons. The van der Waals surface area contributed by atoms with E-state index in [0.29, 0.717) is 49.7 Å². The van der Waals surface area contributed by atoms with Crippen LogP contribution in [0.2, 0.25) is 5.02 Å². The van der Waals surface area contributed by atoms with E-state index in [-0.39, 0.29) is 27.9 Å². The van der Waals surface area contributed by atoms with Crippen LogP contribution in [0.4, 0.5) is 24.0 Å². The molecule has 0 bridgehead atoms. The van der Waals surface area contributed by atoms with Crippen LogP contribution < -0.4 is 18.7 Å². The normalized spacial score (nSPS) is 23.1. The molecule has 1 saturated heterocycles. The Labute approximate surface area is 290 Å². The second-order valence-corrected chi connectivity index (χ2v) is 15.2. The van der Waals surface area contributed by atoms with Gasteiger partial charge in [-0.15, -0.1) is 24.5 Å². The third-order valence-corrected chi connectivity index (χ3v) is 12.3. The highest BCUT2D eigenvalue weighted by molar-refractivity contribution is 7.93. The minimum Gasteiger partial charge on any atom is -0.497 e. The number of anilines is 2. The molecule has 3 aromatic rings. The summed E-state index contributed by atoms with van der Waals surface area (Å²) in [6, 6.07) is 7.04. The molecule has 1 aliphatic carbocycles. The molecule has 0 spiro atoms. The highest BCUT2D eigenvalue weighted by Crippen LogP contribution is 2.55. The summed E-state index contributed by atoms with van der Waals surface area (Å²) < 4.78 is 85.2. The van der Waals surface area contributed by atoms with Crippen molar-refractivity contribution in [1.82, 2.24) is 9.88 Å². The number of thiazole rings is 1. The standard InChI is InChI=1S/C32H34ClF3N4O7S2/c1-45-21-8-10-27(26(18-21)47-32(34,35)36)49(43,44)40-24-9-7-20(33)17-23(24)31(29(40)42,22-5-3-4-6-25(22)46-2)19-28(41)38-12-14-39(15-13-38)30-37-11-16-48-30/h7-11,16-18,22,25H,3-6,12-15,19H2,1-2H3/t22-,25?,31?/m1/s1. The first-order valence-corrected chi connectivity index (χ1v) is 18.3. The Balaban J connectivity index is 1.45. The fraction of sp³-hybridized carbons (Fsp3) is 0.469. The molecule has 2 fully saturated rings. The average molecular weight is 743 g/mol. The van der Waals surface area contributed by atoms with Crippen LogP contribution in [0, 0.1) is 5.92 Å². The van der Waals surface area contributed by atoms with Gasteiger partial charge in [-0.1, -0.05) is 24.4 Å². The van der Waals surface area contributed by atoms with E-state index < -0.39 is 56.8 Å². The minimum absolute atomic E-state index is 0.0989. The third-order valence-electron chi connectivity index (χ3n) is 9.51. The van der Waals surface area contributed by atoms with Crippen LogP contribution in [0.3, 0.4) is 0 Å². The summed E-state index contributed by atoms with van der Waals surface area (Å²) >= 11 is 7.98. The molecule has 49 heavy (non-hydrogen) atoms. The van der Waals surface area contributed by atoms with E-state index in [1.165, 1.54) is 43.8 Å². The van der Waals surface area contributed by atoms with Crippen molar-refractivity contribution in [2.24, 2.45) is 5.92 Å². The van der Waals surface area contributed by atoms with E-state index in [0.717, 1.165) is 29.8 Å². The number of ether oxygens (including phenoxy) is 3. The van der Waals surface area contributed by atoms with Gasteiger partial charge < -0.3 is 24.0 Å². The van der Waals surface area contributed by atoms with Crippen LogP contribution in [-0.2, 0) is 29.8 Å². The van der Waals surface area contributed by atoms with Crippen LogP contribution >= 0.6 is 22.9 Å². The maximum atomic E-state index is 15.1. The SMILES string of the molecule is COc1ccc(S(=O)(=O)N2C(=O)C(CC(=O)N3CCN(c4nccs4)CC3)([C@@H]3CCCCC3OC)c3cc(Cl)ccc32)c(OC(F)(F)F)c1. The summed E-state index contributed by atoms with van der Waals surface area (Å²) in [7, 11) is -2.39. The number of halogens is 4. The Kier molecular flexibility index (Phi) is 9.78. The Morgan fingerprint density at radius 2 is 1.82 bits per heavy atom. The van der Waals surface area contributed by atoms with Gasteiger partial charge in [-0.25, -0.2) is 17.7 Å². The number of alkyl halides is 3. The van der Waals surface area contributed by atoms with Crippen molar-refractivity contribution >= 4 is 55.6 Å². The Morgan fingerprint density at radius 3 is 2.47 bits per heavy atom. The second-order valence-electron chi connectivity index (χ2n) is 12.1. The van der Waals surface area contributed by atoms with E-state index in [2.05, 4.69) is 14.6 Å². The fourth-order valence-corrected chi connectivity index (χ4v) is 9.75. The van der Waals surface area contributed by atoms with E-state index in [1.807, 2.05) is 5.38 Å². The molecule has 3 aliphatic rings. The molecule has 264 valence electrons. The lowest BCUT2D eigenvalue weighted by atomic mass is 9.62. The zero-order chi connectivity index (χ0) is 35.1. The van der Waals surface area contributed by atoms with Gasteiger partial charge in [0.15, 0.2) is 10.9 Å². The Morgan fingerprint density at radius 1 is 1.08 bits per heavy atom. The number of methoxy groups -OCH3 is 2. The van der Waals surface area contributed by atoms with E-state index in [1.54, 1.807) is 11.1 Å². The third kappa shape index (κ3) is 6.55. The highest BCUT2D eigenvalue weighted by Gasteiger charge is 2.62. The molecule has 1 saturated carbocycles. The van der Waals surface area contributed by atoms with Gasteiger partial charge in [0.1, 0.15) is 10.6 Å². The number of carbonyl (C=O) groups is 2. The minimum atomic E-state index is -5.26. The number of aromatic nitrogens is 1. The predicted molar refractivity (Wildman–Crippen MR) is 176 cm³/mol. The summed E-state index contributed by atoms with van der Waals surface area (Å²) in [6.07, 6.45) is -2.01. The van der Waals surface area contributed by atoms with Gasteiger partial charge in [0.05, 0.1) is 24.3 Å². The van der Waals surface area contributed by atoms with Crippen LogP contribution in [0.1, 0.15) is 37.7 Å². The lowest BCUT2D eigenvalue weighted by Crippen LogP contribution is -2.56. The molecule has 11 nitrogen and oxygen atoms in total. The first-order valence-electron chi connectivity index (χ1n) is 15.6. The maximum Gasteiger partial charge on any atom is 0.573 e. The first kappa shape index (κ1) is 35.2. The summed E-state index contributed by atoms with van der Waals surface area (Å²) in [5.41, 5.74) is -1.68. The number of nitrogens with zero attached hydrogens (tertiary/aromatic N) is 4. The number of fused-ring (bicyclic) bond motifs is 1. The van der Waals surface area contributed by atoms with Gasteiger partial charge in [0, 0.05) is 68.3 Å². The van der Waals surface area contributed by atoms with Gasteiger partial charge in [0.2, 0.25) is 5.91 Å². The lowest BCUT2D eigenvalue weighted by molar-refractivity contribution is -0.275. The lowest BCUT2D eigenvalue weighted by Gasteiger charge is -2.44. The second kappa shape index (κ2) is 13.6. The smallest absolute Gasteiger partial charge is 0.497 e. The van der Waals surface area contributed by atoms with Crippen molar-refractivity contribution < 1.29 is 45.4 Å². The largest absolute Gasteiger partial charge is 0.573 e. The Hall–Kier alpha value is -3.60. The van der Waals surface area contributed by atoms with Crippen LogP contribution in [0.15, 0.2) is 52.9 Å². The number of sulfonamides is 1. The number of hydrogen-bond donors (Lipinski definition) is 0. The van der Waals surface area contributed by atoms with Crippen LogP contribution in [0.5, 0.6) is 11.5 Å². The predicted octanol–water partition coefficient (Wildman–Crippen LogP) is 5.62. The molecule has 3 atom stereocenters. The monoisotopic (exact) mass is 742 g/mol. The van der Waals surface area contributed by atoms with E-state index in [4.69, 9.17) is 21.1 Å². The van der Waals surface area contributed by atoms with E-state index >= 15 is 4.79 Å². The first-order chi connectivity index (χ1) is 23.3.